The van der Waals surface area contributed by atoms with Crippen molar-refractivity contribution in [3.05, 3.63) is 33.9 Å². The molecule has 1 aliphatic carbocycles. The zero-order valence-corrected chi connectivity index (χ0v) is 10.7. The molecule has 1 aromatic carbocycles. The lowest BCUT2D eigenvalue weighted by Gasteiger charge is -2.23. The summed E-state index contributed by atoms with van der Waals surface area (Å²) < 4.78 is 0. The summed E-state index contributed by atoms with van der Waals surface area (Å²) in [4.78, 5) is 23.0. The number of anilines is 1. The number of non-ortho nitro benzene ring substituents is 1. The highest BCUT2D eigenvalue weighted by molar-refractivity contribution is 5.74. The molecule has 0 spiro atoms. The minimum absolute atomic E-state index is 0.00110. The number of carboxylic acids is 1. The number of carbonyl (C=O) groups is 1. The number of nitrogens with zero attached hydrogens (tertiary/aromatic N) is 2. The van der Waals surface area contributed by atoms with Crippen LogP contribution in [-0.2, 0) is 4.79 Å². The van der Waals surface area contributed by atoms with E-state index in [9.17, 15) is 14.9 Å². The normalized spacial score (nSPS) is 14.2. The van der Waals surface area contributed by atoms with Crippen LogP contribution in [0.4, 0.5) is 11.4 Å². The number of benzene rings is 1. The van der Waals surface area contributed by atoms with Gasteiger partial charge in [-0.25, -0.2) is 0 Å². The fourth-order valence-electron chi connectivity index (χ4n) is 2.07. The van der Waals surface area contributed by atoms with E-state index in [-0.39, 0.29) is 12.2 Å². The van der Waals surface area contributed by atoms with E-state index in [0.29, 0.717) is 18.2 Å². The van der Waals surface area contributed by atoms with Gasteiger partial charge < -0.3 is 10.0 Å². The van der Waals surface area contributed by atoms with Crippen LogP contribution in [0.15, 0.2) is 18.2 Å². The van der Waals surface area contributed by atoms with Crippen LogP contribution in [0.25, 0.3) is 0 Å². The van der Waals surface area contributed by atoms with Gasteiger partial charge in [-0.05, 0) is 37.3 Å². The molecule has 0 heterocycles. The van der Waals surface area contributed by atoms with Crippen molar-refractivity contribution >= 4 is 17.3 Å². The van der Waals surface area contributed by atoms with Gasteiger partial charge in [0.05, 0.1) is 4.92 Å². The number of rotatable bonds is 6. The van der Waals surface area contributed by atoms with Crippen LogP contribution in [0.2, 0.25) is 0 Å². The Kier molecular flexibility index (Phi) is 3.69. The summed E-state index contributed by atoms with van der Waals surface area (Å²) in [7, 11) is 0. The summed E-state index contributed by atoms with van der Waals surface area (Å²) >= 11 is 0. The van der Waals surface area contributed by atoms with Crippen LogP contribution in [0, 0.1) is 23.0 Å². The van der Waals surface area contributed by atoms with E-state index in [1.54, 1.807) is 17.9 Å². The molecule has 19 heavy (non-hydrogen) atoms. The molecule has 0 amide bonds. The van der Waals surface area contributed by atoms with E-state index in [1.165, 1.54) is 12.1 Å². The number of aryl methyl sites for hydroxylation is 1. The van der Waals surface area contributed by atoms with Crippen molar-refractivity contribution < 1.29 is 14.8 Å². The Morgan fingerprint density at radius 2 is 2.16 bits per heavy atom. The zero-order chi connectivity index (χ0) is 14.0. The van der Waals surface area contributed by atoms with Gasteiger partial charge in [-0.15, -0.1) is 0 Å². The van der Waals surface area contributed by atoms with Crippen LogP contribution >= 0.6 is 0 Å². The average Bonchev–Trinajstić information content (AvgIpc) is 3.10. The Bertz CT molecular complexity index is 511. The van der Waals surface area contributed by atoms with Gasteiger partial charge in [-0.3, -0.25) is 14.9 Å². The minimum atomic E-state index is -0.926. The Hall–Kier alpha value is -2.11. The van der Waals surface area contributed by atoms with Gasteiger partial charge in [0.15, 0.2) is 0 Å². The quantitative estimate of drug-likeness (QED) is 0.629. The molecule has 0 aromatic heterocycles. The van der Waals surface area contributed by atoms with E-state index in [0.717, 1.165) is 18.4 Å². The molecule has 2 rings (SSSR count). The number of hydrogen-bond donors (Lipinski definition) is 1. The van der Waals surface area contributed by atoms with E-state index < -0.39 is 10.9 Å². The molecular weight excluding hydrogens is 248 g/mol. The molecule has 6 heteroatoms. The highest BCUT2D eigenvalue weighted by Crippen LogP contribution is 2.32. The molecule has 1 aromatic rings. The Morgan fingerprint density at radius 1 is 1.47 bits per heavy atom. The van der Waals surface area contributed by atoms with Crippen LogP contribution in [0.3, 0.4) is 0 Å². The zero-order valence-electron chi connectivity index (χ0n) is 10.7. The molecule has 1 saturated carbocycles. The molecule has 1 aliphatic rings. The predicted molar refractivity (Wildman–Crippen MR) is 70.4 cm³/mol. The highest BCUT2D eigenvalue weighted by Gasteiger charge is 2.26. The van der Waals surface area contributed by atoms with Gasteiger partial charge in [-0.2, -0.15) is 0 Å². The maximum atomic E-state index is 10.9. The predicted octanol–water partition coefficient (Wildman–Crippen LogP) is 2.20. The van der Waals surface area contributed by atoms with E-state index in [1.807, 2.05) is 0 Å². The van der Waals surface area contributed by atoms with Crippen molar-refractivity contribution in [2.75, 3.05) is 18.0 Å². The lowest BCUT2D eigenvalue weighted by molar-refractivity contribution is -0.384. The first-order chi connectivity index (χ1) is 8.95. The Morgan fingerprint density at radius 3 is 2.68 bits per heavy atom. The molecule has 0 radical (unpaired) electrons. The van der Waals surface area contributed by atoms with Gasteiger partial charge in [-0.1, -0.05) is 0 Å². The van der Waals surface area contributed by atoms with Crippen molar-refractivity contribution in [3.8, 4) is 0 Å². The molecule has 1 N–H and O–H groups in total. The summed E-state index contributed by atoms with van der Waals surface area (Å²) in [5.41, 5.74) is 1.37. The minimum Gasteiger partial charge on any atom is -0.480 e. The molecule has 6 nitrogen and oxygen atoms in total. The van der Waals surface area contributed by atoms with Gasteiger partial charge in [0.1, 0.15) is 6.54 Å². The monoisotopic (exact) mass is 264 g/mol. The fraction of sp³-hybridized carbons (Fsp3) is 0.462. The summed E-state index contributed by atoms with van der Waals surface area (Å²) in [6.07, 6.45) is 2.20. The summed E-state index contributed by atoms with van der Waals surface area (Å²) in [5.74, 6) is -0.413. The molecule has 102 valence electrons. The third-order valence-electron chi connectivity index (χ3n) is 3.12. The number of nitro groups is 1. The molecule has 0 bridgehead atoms. The SMILES string of the molecule is Cc1cc(N(CC(=O)O)CC2CC2)cc([N+](=O)[O-])c1. The molecular formula is C13H16N2O4. The van der Waals surface area contributed by atoms with Gasteiger partial charge in [0, 0.05) is 24.4 Å². The molecule has 1 fully saturated rings. The second-order valence-electron chi connectivity index (χ2n) is 5.00. The Balaban J connectivity index is 2.28. The van der Waals surface area contributed by atoms with Crippen molar-refractivity contribution in [3.63, 3.8) is 0 Å². The van der Waals surface area contributed by atoms with Gasteiger partial charge in [0.2, 0.25) is 0 Å². The lowest BCUT2D eigenvalue weighted by Crippen LogP contribution is -2.31. The third kappa shape index (κ3) is 3.67. The van der Waals surface area contributed by atoms with E-state index in [4.69, 9.17) is 5.11 Å². The van der Waals surface area contributed by atoms with Crippen LogP contribution in [0.5, 0.6) is 0 Å². The maximum absolute atomic E-state index is 10.9. The van der Waals surface area contributed by atoms with Gasteiger partial charge >= 0.3 is 5.97 Å². The van der Waals surface area contributed by atoms with Crippen molar-refractivity contribution in [1.82, 2.24) is 0 Å². The van der Waals surface area contributed by atoms with Crippen LogP contribution < -0.4 is 4.90 Å². The lowest BCUT2D eigenvalue weighted by atomic mass is 10.1. The van der Waals surface area contributed by atoms with E-state index in [2.05, 4.69) is 0 Å². The number of nitro benzene ring substituents is 1. The van der Waals surface area contributed by atoms with Crippen LogP contribution in [-0.4, -0.2) is 29.1 Å². The molecule has 0 aliphatic heterocycles. The third-order valence-corrected chi connectivity index (χ3v) is 3.12. The van der Waals surface area contributed by atoms with Crippen LogP contribution in [0.1, 0.15) is 18.4 Å². The topological polar surface area (TPSA) is 83.7 Å². The smallest absolute Gasteiger partial charge is 0.323 e. The second kappa shape index (κ2) is 5.26. The standard InChI is InChI=1S/C13H16N2O4/c1-9-4-11(6-12(5-9)15(18)19)14(8-13(16)17)7-10-2-3-10/h4-6,10H,2-3,7-8H2,1H3,(H,16,17). The maximum Gasteiger partial charge on any atom is 0.323 e. The Labute approximate surface area is 110 Å². The summed E-state index contributed by atoms with van der Waals surface area (Å²) in [5, 5.41) is 19.8. The largest absolute Gasteiger partial charge is 0.480 e. The number of carboxylic acid groups (broad SMARTS) is 1. The van der Waals surface area contributed by atoms with Crippen molar-refractivity contribution in [1.29, 1.82) is 0 Å². The molecule has 0 saturated heterocycles. The molecule has 0 unspecified atom stereocenters. The highest BCUT2D eigenvalue weighted by atomic mass is 16.6. The first-order valence-electron chi connectivity index (χ1n) is 6.18. The number of hydrogen-bond acceptors (Lipinski definition) is 4. The summed E-state index contributed by atoms with van der Waals surface area (Å²) in [6, 6.07) is 4.72. The van der Waals surface area contributed by atoms with Crippen molar-refractivity contribution in [2.45, 2.75) is 19.8 Å². The first kappa shape index (κ1) is 13.3. The van der Waals surface area contributed by atoms with Gasteiger partial charge in [0.25, 0.3) is 5.69 Å². The molecule has 0 atom stereocenters. The first-order valence-corrected chi connectivity index (χ1v) is 6.18. The average molecular weight is 264 g/mol. The number of aliphatic carboxylic acids is 1. The van der Waals surface area contributed by atoms with Crippen molar-refractivity contribution in [2.24, 2.45) is 5.92 Å². The summed E-state index contributed by atoms with van der Waals surface area (Å²) in [6.45, 7) is 2.29. The van der Waals surface area contributed by atoms with E-state index >= 15 is 0 Å². The fourth-order valence-corrected chi connectivity index (χ4v) is 2.07. The second-order valence-corrected chi connectivity index (χ2v) is 5.00.